The summed E-state index contributed by atoms with van der Waals surface area (Å²) in [7, 11) is 0. The Morgan fingerprint density at radius 3 is 2.48 bits per heavy atom. The van der Waals surface area contributed by atoms with E-state index in [0.29, 0.717) is 17.7 Å². The third-order valence-electron chi connectivity index (χ3n) is 5.83. The van der Waals surface area contributed by atoms with Crippen LogP contribution in [0.2, 0.25) is 0 Å². The number of carbonyl (C=O) groups is 2. The van der Waals surface area contributed by atoms with E-state index in [1.165, 1.54) is 12.8 Å². The molecule has 0 bridgehead atoms. The summed E-state index contributed by atoms with van der Waals surface area (Å²) in [6.07, 6.45) is 7.95. The third kappa shape index (κ3) is 5.18. The molecular formula is C26H27N3O2. The fourth-order valence-electron chi connectivity index (χ4n) is 4.03. The minimum Gasteiger partial charge on any atom is -0.349 e. The van der Waals surface area contributed by atoms with E-state index in [2.05, 4.69) is 15.6 Å². The zero-order chi connectivity index (χ0) is 21.6. The Kier molecular flexibility index (Phi) is 6.41. The first-order chi connectivity index (χ1) is 15.1. The molecule has 1 aliphatic rings. The molecule has 1 fully saturated rings. The minimum absolute atomic E-state index is 0.0408. The van der Waals surface area contributed by atoms with Crippen molar-refractivity contribution in [2.75, 3.05) is 0 Å². The van der Waals surface area contributed by atoms with Gasteiger partial charge in [0.2, 0.25) is 0 Å². The number of nitrogens with zero attached hydrogens (tertiary/aromatic N) is 1. The Hall–Kier alpha value is -3.47. The van der Waals surface area contributed by atoms with Gasteiger partial charge in [0, 0.05) is 36.1 Å². The fourth-order valence-corrected chi connectivity index (χ4v) is 4.03. The van der Waals surface area contributed by atoms with Gasteiger partial charge in [0.15, 0.2) is 0 Å². The first kappa shape index (κ1) is 20.8. The SMILES string of the molecule is Cc1ccc(-c2ccncc2)cc1C(=O)NCc1cccc(C(=O)NC2CCCC2)c1. The molecule has 1 heterocycles. The van der Waals surface area contributed by atoms with Crippen molar-refractivity contribution in [3.63, 3.8) is 0 Å². The molecule has 5 nitrogen and oxygen atoms in total. The molecule has 4 rings (SSSR count). The maximum Gasteiger partial charge on any atom is 0.251 e. The van der Waals surface area contributed by atoms with Crippen LogP contribution in [0.3, 0.4) is 0 Å². The topological polar surface area (TPSA) is 71.1 Å². The van der Waals surface area contributed by atoms with Gasteiger partial charge in [0.1, 0.15) is 0 Å². The van der Waals surface area contributed by atoms with Crippen LogP contribution in [-0.4, -0.2) is 22.8 Å². The van der Waals surface area contributed by atoms with Crippen LogP contribution in [0.1, 0.15) is 57.5 Å². The number of aromatic nitrogens is 1. The monoisotopic (exact) mass is 413 g/mol. The normalized spacial score (nSPS) is 13.7. The molecule has 31 heavy (non-hydrogen) atoms. The van der Waals surface area contributed by atoms with E-state index in [0.717, 1.165) is 35.1 Å². The maximum atomic E-state index is 12.9. The number of pyridine rings is 1. The number of nitrogens with one attached hydrogen (secondary N) is 2. The number of benzene rings is 2. The van der Waals surface area contributed by atoms with Crippen LogP contribution in [0.15, 0.2) is 67.0 Å². The molecule has 0 atom stereocenters. The average molecular weight is 414 g/mol. The van der Waals surface area contributed by atoms with Crippen LogP contribution in [0.5, 0.6) is 0 Å². The molecule has 2 N–H and O–H groups in total. The maximum absolute atomic E-state index is 12.9. The number of hydrogen-bond acceptors (Lipinski definition) is 3. The molecule has 2 amide bonds. The predicted molar refractivity (Wildman–Crippen MR) is 122 cm³/mol. The summed E-state index contributed by atoms with van der Waals surface area (Å²) in [4.78, 5) is 29.4. The minimum atomic E-state index is -0.130. The molecule has 2 aromatic carbocycles. The molecular weight excluding hydrogens is 386 g/mol. The number of rotatable bonds is 6. The summed E-state index contributed by atoms with van der Waals surface area (Å²) in [5.74, 6) is -0.171. The van der Waals surface area contributed by atoms with Crippen molar-refractivity contribution in [3.8, 4) is 11.1 Å². The lowest BCUT2D eigenvalue weighted by molar-refractivity contribution is 0.0935. The molecule has 0 unspecified atom stereocenters. The molecule has 5 heteroatoms. The van der Waals surface area contributed by atoms with Crippen LogP contribution < -0.4 is 10.6 Å². The van der Waals surface area contributed by atoms with Gasteiger partial charge in [-0.15, -0.1) is 0 Å². The van der Waals surface area contributed by atoms with Crippen LogP contribution in [0.4, 0.5) is 0 Å². The van der Waals surface area contributed by atoms with Gasteiger partial charge in [-0.3, -0.25) is 14.6 Å². The third-order valence-corrected chi connectivity index (χ3v) is 5.83. The Balaban J connectivity index is 1.42. The van der Waals surface area contributed by atoms with E-state index in [9.17, 15) is 9.59 Å². The molecule has 3 aromatic rings. The Bertz CT molecular complexity index is 1070. The molecule has 0 saturated heterocycles. The van der Waals surface area contributed by atoms with E-state index < -0.39 is 0 Å². The summed E-state index contributed by atoms with van der Waals surface area (Å²) < 4.78 is 0. The van der Waals surface area contributed by atoms with Crippen LogP contribution in [0, 0.1) is 6.92 Å². The zero-order valence-electron chi connectivity index (χ0n) is 17.7. The molecule has 1 aromatic heterocycles. The molecule has 1 aliphatic carbocycles. The molecule has 0 spiro atoms. The number of carbonyl (C=O) groups excluding carboxylic acids is 2. The van der Waals surface area contributed by atoms with Crippen LogP contribution in [-0.2, 0) is 6.54 Å². The number of aryl methyl sites for hydroxylation is 1. The van der Waals surface area contributed by atoms with E-state index in [-0.39, 0.29) is 17.9 Å². The first-order valence-electron chi connectivity index (χ1n) is 10.8. The van der Waals surface area contributed by atoms with Gasteiger partial charge in [-0.1, -0.05) is 37.1 Å². The average Bonchev–Trinajstić information content (AvgIpc) is 3.31. The molecule has 0 aliphatic heterocycles. The number of hydrogen-bond donors (Lipinski definition) is 2. The summed E-state index contributed by atoms with van der Waals surface area (Å²) in [6.45, 7) is 2.29. The lowest BCUT2D eigenvalue weighted by atomic mass is 10.00. The zero-order valence-corrected chi connectivity index (χ0v) is 17.7. The molecule has 158 valence electrons. The van der Waals surface area contributed by atoms with Crippen molar-refractivity contribution in [1.29, 1.82) is 0 Å². The standard InChI is InChI=1S/C26H27N3O2/c1-18-9-10-21(20-11-13-27-14-12-20)16-24(18)26(31)28-17-19-5-4-6-22(15-19)25(30)29-23-7-2-3-8-23/h4-6,9-16,23H,2-3,7-8,17H2,1H3,(H,28,31)(H,29,30). The van der Waals surface area contributed by atoms with Gasteiger partial charge in [0.05, 0.1) is 0 Å². The van der Waals surface area contributed by atoms with Crippen molar-refractivity contribution in [1.82, 2.24) is 15.6 Å². The smallest absolute Gasteiger partial charge is 0.251 e. The van der Waals surface area contributed by atoms with Gasteiger partial charge in [-0.05, 0) is 72.4 Å². The van der Waals surface area contributed by atoms with Crippen molar-refractivity contribution < 1.29 is 9.59 Å². The predicted octanol–water partition coefficient (Wildman–Crippen LogP) is 4.66. The van der Waals surface area contributed by atoms with Crippen molar-refractivity contribution in [2.24, 2.45) is 0 Å². The highest BCUT2D eigenvalue weighted by Crippen LogP contribution is 2.22. The Morgan fingerprint density at radius 1 is 0.935 bits per heavy atom. The highest BCUT2D eigenvalue weighted by atomic mass is 16.2. The van der Waals surface area contributed by atoms with Crippen LogP contribution >= 0.6 is 0 Å². The Labute approximate surface area is 182 Å². The van der Waals surface area contributed by atoms with E-state index in [1.54, 1.807) is 12.4 Å². The summed E-state index contributed by atoms with van der Waals surface area (Å²) in [5, 5.41) is 6.10. The fraction of sp³-hybridized carbons (Fsp3) is 0.269. The van der Waals surface area contributed by atoms with Crippen molar-refractivity contribution in [2.45, 2.75) is 45.2 Å². The van der Waals surface area contributed by atoms with Gasteiger partial charge >= 0.3 is 0 Å². The lowest BCUT2D eigenvalue weighted by Crippen LogP contribution is -2.32. The highest BCUT2D eigenvalue weighted by Gasteiger charge is 2.18. The van der Waals surface area contributed by atoms with Gasteiger partial charge in [-0.2, -0.15) is 0 Å². The van der Waals surface area contributed by atoms with E-state index >= 15 is 0 Å². The molecule has 0 radical (unpaired) electrons. The van der Waals surface area contributed by atoms with Crippen molar-refractivity contribution in [3.05, 3.63) is 89.2 Å². The Morgan fingerprint density at radius 2 is 1.71 bits per heavy atom. The van der Waals surface area contributed by atoms with Crippen molar-refractivity contribution >= 4 is 11.8 Å². The quantitative estimate of drug-likeness (QED) is 0.617. The van der Waals surface area contributed by atoms with Gasteiger partial charge in [-0.25, -0.2) is 0 Å². The summed E-state index contributed by atoms with van der Waals surface area (Å²) in [5.41, 5.74) is 5.09. The first-order valence-corrected chi connectivity index (χ1v) is 10.8. The molecule has 1 saturated carbocycles. The van der Waals surface area contributed by atoms with Gasteiger partial charge in [0.25, 0.3) is 11.8 Å². The van der Waals surface area contributed by atoms with Gasteiger partial charge < -0.3 is 10.6 Å². The second-order valence-corrected chi connectivity index (χ2v) is 8.10. The van der Waals surface area contributed by atoms with E-state index in [1.807, 2.05) is 61.5 Å². The summed E-state index contributed by atoms with van der Waals surface area (Å²) in [6, 6.07) is 17.5. The lowest BCUT2D eigenvalue weighted by Gasteiger charge is -2.13. The second kappa shape index (κ2) is 9.56. The van der Waals surface area contributed by atoms with Crippen LogP contribution in [0.25, 0.3) is 11.1 Å². The summed E-state index contributed by atoms with van der Waals surface area (Å²) >= 11 is 0. The highest BCUT2D eigenvalue weighted by molar-refractivity contribution is 5.97. The van der Waals surface area contributed by atoms with E-state index in [4.69, 9.17) is 0 Å². The second-order valence-electron chi connectivity index (χ2n) is 8.10. The largest absolute Gasteiger partial charge is 0.349 e. The number of amides is 2.